The Labute approximate surface area is 146 Å². The fraction of sp³-hybridized carbons (Fsp3) is 0.438. The number of rotatable bonds is 9. The van der Waals surface area contributed by atoms with Crippen LogP contribution < -0.4 is 15.5 Å². The van der Waals surface area contributed by atoms with E-state index in [0.29, 0.717) is 31.0 Å². The molecule has 1 aromatic carbocycles. The molecule has 9 heteroatoms. The average molecular weight is 355 g/mol. The van der Waals surface area contributed by atoms with Gasteiger partial charge in [0, 0.05) is 13.1 Å². The highest BCUT2D eigenvalue weighted by Gasteiger charge is 2.11. The molecule has 9 nitrogen and oxygen atoms in total. The first kappa shape index (κ1) is 22.5. The summed E-state index contributed by atoms with van der Waals surface area (Å²) in [5.74, 6) is -1.27. The van der Waals surface area contributed by atoms with Gasteiger partial charge >= 0.3 is 5.97 Å². The molecule has 0 saturated carbocycles. The predicted octanol–water partition coefficient (Wildman–Crippen LogP) is -0.164. The van der Waals surface area contributed by atoms with Gasteiger partial charge < -0.3 is 25.4 Å². The number of para-hydroxylation sites is 1. The molecule has 0 fully saturated rings. The molecule has 0 aliphatic carbocycles. The molecule has 1 rings (SSSR count). The Bertz CT molecular complexity index is 559. The number of hydrogen-bond acceptors (Lipinski definition) is 7. The molecule has 0 aliphatic heterocycles. The Morgan fingerprint density at radius 1 is 1.16 bits per heavy atom. The zero-order valence-electron chi connectivity index (χ0n) is 14.4. The number of carbonyl (C=O) groups is 2. The Morgan fingerprint density at radius 3 is 2.28 bits per heavy atom. The largest absolute Gasteiger partial charge is 0.493 e. The summed E-state index contributed by atoms with van der Waals surface area (Å²) in [6.45, 7) is 4.95. The van der Waals surface area contributed by atoms with Crippen molar-refractivity contribution >= 4 is 17.6 Å². The van der Waals surface area contributed by atoms with E-state index in [-0.39, 0.29) is 18.9 Å². The molecule has 0 spiro atoms. The van der Waals surface area contributed by atoms with Crippen molar-refractivity contribution in [1.82, 2.24) is 10.7 Å². The van der Waals surface area contributed by atoms with Crippen LogP contribution in [0.4, 0.5) is 0 Å². The van der Waals surface area contributed by atoms with Gasteiger partial charge in [-0.2, -0.15) is 5.10 Å². The van der Waals surface area contributed by atoms with Crippen LogP contribution in [0, 0.1) is 0 Å². The van der Waals surface area contributed by atoms with Gasteiger partial charge in [-0.25, -0.2) is 10.2 Å². The van der Waals surface area contributed by atoms with E-state index in [2.05, 4.69) is 15.8 Å². The number of ether oxygens (including phenoxy) is 1. The standard InChI is InChI=1S/C12H14N2O4.C4H11NO2/c1-3-18-10-7-5-4-6-9(10)11(15)14-13-8(2)12(16)17;6-3-1-5-2-4-7/h4-7H,3H2,1-2H3,(H,14,15)(H,16,17);5-7H,1-4H2. The van der Waals surface area contributed by atoms with Gasteiger partial charge in [-0.15, -0.1) is 0 Å². The molecule has 0 radical (unpaired) electrons. The van der Waals surface area contributed by atoms with E-state index in [4.69, 9.17) is 20.1 Å². The SMILES string of the molecule is CCOc1ccccc1C(=O)NN=C(C)C(=O)O.OCCNCCO. The predicted molar refractivity (Wildman–Crippen MR) is 92.9 cm³/mol. The molecule has 1 aromatic rings. The van der Waals surface area contributed by atoms with Crippen molar-refractivity contribution < 1.29 is 29.6 Å². The van der Waals surface area contributed by atoms with E-state index in [1.165, 1.54) is 6.92 Å². The van der Waals surface area contributed by atoms with Crippen LogP contribution in [0.1, 0.15) is 24.2 Å². The van der Waals surface area contributed by atoms with Gasteiger partial charge in [0.2, 0.25) is 0 Å². The van der Waals surface area contributed by atoms with Crippen LogP contribution in [0.15, 0.2) is 29.4 Å². The molecule has 0 bridgehead atoms. The van der Waals surface area contributed by atoms with Gasteiger partial charge in [0.15, 0.2) is 0 Å². The number of hydrogen-bond donors (Lipinski definition) is 5. The quantitative estimate of drug-likeness (QED) is 0.235. The fourth-order valence-electron chi connectivity index (χ4n) is 1.46. The lowest BCUT2D eigenvalue weighted by molar-refractivity contribution is -0.129. The van der Waals surface area contributed by atoms with Crippen molar-refractivity contribution in [2.24, 2.45) is 5.10 Å². The van der Waals surface area contributed by atoms with Crippen molar-refractivity contribution in [1.29, 1.82) is 0 Å². The number of carboxylic acid groups (broad SMARTS) is 1. The van der Waals surface area contributed by atoms with Crippen molar-refractivity contribution in [3.63, 3.8) is 0 Å². The lowest BCUT2D eigenvalue weighted by atomic mass is 10.2. The first-order valence-electron chi connectivity index (χ1n) is 7.70. The molecule has 0 saturated heterocycles. The van der Waals surface area contributed by atoms with Crippen LogP contribution in [0.25, 0.3) is 0 Å². The number of amides is 1. The van der Waals surface area contributed by atoms with Gasteiger partial charge in [0.1, 0.15) is 11.5 Å². The zero-order valence-corrected chi connectivity index (χ0v) is 14.4. The van der Waals surface area contributed by atoms with E-state index in [1.807, 2.05) is 0 Å². The minimum Gasteiger partial charge on any atom is -0.493 e. The monoisotopic (exact) mass is 355 g/mol. The average Bonchev–Trinajstić information content (AvgIpc) is 2.61. The zero-order chi connectivity index (χ0) is 19.1. The Balaban J connectivity index is 0.000000697. The van der Waals surface area contributed by atoms with Gasteiger partial charge in [-0.05, 0) is 26.0 Å². The normalized spacial score (nSPS) is 10.5. The highest BCUT2D eigenvalue weighted by molar-refractivity contribution is 6.34. The molecule has 25 heavy (non-hydrogen) atoms. The Hall–Kier alpha value is -2.49. The van der Waals surface area contributed by atoms with Gasteiger partial charge in [-0.3, -0.25) is 4.79 Å². The minimum absolute atomic E-state index is 0.139. The maximum absolute atomic E-state index is 11.8. The van der Waals surface area contributed by atoms with Crippen molar-refractivity contribution in [2.45, 2.75) is 13.8 Å². The summed E-state index contributed by atoms with van der Waals surface area (Å²) in [5, 5.41) is 31.1. The fourth-order valence-corrected chi connectivity index (χ4v) is 1.46. The number of benzene rings is 1. The van der Waals surface area contributed by atoms with E-state index < -0.39 is 11.9 Å². The molecular weight excluding hydrogens is 330 g/mol. The molecule has 0 aromatic heterocycles. The molecule has 0 aliphatic rings. The summed E-state index contributed by atoms with van der Waals surface area (Å²) >= 11 is 0. The highest BCUT2D eigenvalue weighted by atomic mass is 16.5. The maximum Gasteiger partial charge on any atom is 0.351 e. The molecule has 0 heterocycles. The second kappa shape index (κ2) is 13.9. The smallest absolute Gasteiger partial charge is 0.351 e. The van der Waals surface area contributed by atoms with E-state index in [9.17, 15) is 9.59 Å². The first-order valence-corrected chi connectivity index (χ1v) is 7.70. The molecule has 5 N–H and O–H groups in total. The van der Waals surface area contributed by atoms with Crippen LogP contribution in [0.2, 0.25) is 0 Å². The second-order valence-corrected chi connectivity index (χ2v) is 4.57. The summed E-state index contributed by atoms with van der Waals surface area (Å²) in [6.07, 6.45) is 0. The molecule has 0 unspecified atom stereocenters. The summed E-state index contributed by atoms with van der Waals surface area (Å²) in [4.78, 5) is 22.3. The van der Waals surface area contributed by atoms with Crippen LogP contribution in [0.3, 0.4) is 0 Å². The van der Waals surface area contributed by atoms with Crippen LogP contribution in [-0.4, -0.2) is 65.8 Å². The van der Waals surface area contributed by atoms with Crippen LogP contribution in [0.5, 0.6) is 5.75 Å². The maximum atomic E-state index is 11.8. The minimum atomic E-state index is -1.19. The summed E-state index contributed by atoms with van der Waals surface area (Å²) in [5.41, 5.74) is 2.28. The third-order valence-corrected chi connectivity index (χ3v) is 2.64. The van der Waals surface area contributed by atoms with Crippen molar-refractivity contribution in [3.05, 3.63) is 29.8 Å². The Kier molecular flexibility index (Phi) is 12.5. The van der Waals surface area contributed by atoms with E-state index in [0.717, 1.165) is 0 Å². The Morgan fingerprint density at radius 2 is 1.76 bits per heavy atom. The van der Waals surface area contributed by atoms with Crippen LogP contribution >= 0.6 is 0 Å². The van der Waals surface area contributed by atoms with Gasteiger partial charge in [-0.1, -0.05) is 12.1 Å². The highest BCUT2D eigenvalue weighted by Crippen LogP contribution is 2.17. The lowest BCUT2D eigenvalue weighted by Crippen LogP contribution is -2.22. The summed E-state index contributed by atoms with van der Waals surface area (Å²) in [7, 11) is 0. The molecular formula is C16H25N3O6. The molecule has 0 atom stereocenters. The third-order valence-electron chi connectivity index (χ3n) is 2.64. The van der Waals surface area contributed by atoms with E-state index >= 15 is 0 Å². The van der Waals surface area contributed by atoms with Crippen molar-refractivity contribution in [2.75, 3.05) is 32.9 Å². The number of aliphatic hydroxyl groups is 2. The number of carbonyl (C=O) groups excluding carboxylic acids is 1. The number of carboxylic acids is 1. The van der Waals surface area contributed by atoms with Crippen LogP contribution in [-0.2, 0) is 4.79 Å². The van der Waals surface area contributed by atoms with E-state index in [1.54, 1.807) is 31.2 Å². The summed E-state index contributed by atoms with van der Waals surface area (Å²) in [6, 6.07) is 6.66. The second-order valence-electron chi connectivity index (χ2n) is 4.57. The topological polar surface area (TPSA) is 140 Å². The number of hydrazone groups is 1. The van der Waals surface area contributed by atoms with Crippen molar-refractivity contribution in [3.8, 4) is 5.75 Å². The lowest BCUT2D eigenvalue weighted by Gasteiger charge is -2.08. The summed E-state index contributed by atoms with van der Waals surface area (Å²) < 4.78 is 5.29. The number of nitrogens with one attached hydrogen (secondary N) is 2. The number of nitrogens with zero attached hydrogens (tertiary/aromatic N) is 1. The van der Waals surface area contributed by atoms with Gasteiger partial charge in [0.25, 0.3) is 5.91 Å². The third kappa shape index (κ3) is 10.1. The van der Waals surface area contributed by atoms with Gasteiger partial charge in [0.05, 0.1) is 25.4 Å². The number of aliphatic hydroxyl groups excluding tert-OH is 2. The number of aliphatic carboxylic acids is 1. The molecule has 140 valence electrons. The first-order chi connectivity index (χ1) is 12.0. The molecule has 1 amide bonds.